The molecule has 0 spiro atoms. The summed E-state index contributed by atoms with van der Waals surface area (Å²) in [5.74, 6) is 1.76. The molecule has 2 aliphatic rings. The molecule has 1 aliphatic heterocycles. The fourth-order valence-electron chi connectivity index (χ4n) is 4.72. The molecule has 5 heteroatoms. The number of hydrogen-bond acceptors (Lipinski definition) is 3. The number of H-pyrrole nitrogens is 1. The average Bonchev–Trinajstić information content (AvgIpc) is 2.92. The van der Waals surface area contributed by atoms with Crippen LogP contribution in [0.15, 0.2) is 24.4 Å². The van der Waals surface area contributed by atoms with E-state index < -0.39 is 11.2 Å². The number of benzene rings is 1. The Morgan fingerprint density at radius 1 is 1.46 bits per heavy atom. The molecular formula is C19H24N2O2S. The van der Waals surface area contributed by atoms with Crippen molar-refractivity contribution in [2.24, 2.45) is 5.92 Å². The molecule has 1 fully saturated rings. The summed E-state index contributed by atoms with van der Waals surface area (Å²) in [6.07, 6.45) is 4.32. The van der Waals surface area contributed by atoms with Crippen LogP contribution in [-0.2, 0) is 22.4 Å². The Morgan fingerprint density at radius 2 is 2.29 bits per heavy atom. The highest BCUT2D eigenvalue weighted by Gasteiger charge is 2.40. The molecule has 0 saturated carbocycles. The van der Waals surface area contributed by atoms with Gasteiger partial charge < -0.3 is 14.4 Å². The summed E-state index contributed by atoms with van der Waals surface area (Å²) in [7, 11) is 2.19. The zero-order chi connectivity index (χ0) is 16.8. The number of aromatic amines is 1. The lowest BCUT2D eigenvalue weighted by Crippen LogP contribution is -2.49. The number of hydrogen-bond donors (Lipinski definition) is 1. The van der Waals surface area contributed by atoms with Crippen molar-refractivity contribution < 1.29 is 9.35 Å². The second kappa shape index (κ2) is 6.21. The lowest BCUT2D eigenvalue weighted by Gasteiger charge is -2.45. The smallest absolute Gasteiger partial charge is 0.178 e. The van der Waals surface area contributed by atoms with Crippen molar-refractivity contribution in [3.8, 4) is 0 Å². The van der Waals surface area contributed by atoms with E-state index >= 15 is 0 Å². The van der Waals surface area contributed by atoms with Crippen LogP contribution in [0.4, 0.5) is 0 Å². The molecule has 2 heterocycles. The van der Waals surface area contributed by atoms with Crippen molar-refractivity contribution in [2.75, 3.05) is 25.1 Å². The van der Waals surface area contributed by atoms with Crippen LogP contribution in [-0.4, -0.2) is 51.4 Å². The number of carbonyl (C=O) groups excluding carboxylic acids is 1. The van der Waals surface area contributed by atoms with Gasteiger partial charge in [0, 0.05) is 41.5 Å². The molecule has 0 bridgehead atoms. The minimum Gasteiger partial charge on any atom is -0.616 e. The van der Waals surface area contributed by atoms with E-state index in [-0.39, 0.29) is 11.5 Å². The maximum Gasteiger partial charge on any atom is 0.178 e. The third-order valence-corrected chi connectivity index (χ3v) is 7.17. The Balaban J connectivity index is 1.60. The number of nitrogens with one attached hydrogen (secondary N) is 1. The molecule has 0 unspecified atom stereocenters. The number of piperidine rings is 1. The van der Waals surface area contributed by atoms with Crippen LogP contribution in [0.1, 0.15) is 30.4 Å². The van der Waals surface area contributed by atoms with Crippen molar-refractivity contribution in [1.29, 1.82) is 0 Å². The van der Waals surface area contributed by atoms with Gasteiger partial charge >= 0.3 is 0 Å². The minimum absolute atomic E-state index is 0.0229. The van der Waals surface area contributed by atoms with E-state index in [9.17, 15) is 9.35 Å². The second-order valence-electron chi connectivity index (χ2n) is 7.46. The lowest BCUT2D eigenvalue weighted by molar-refractivity contribution is -0.114. The number of likely N-dealkylation sites (N-methyl/N-ethyl adjacent to an activating group) is 1. The van der Waals surface area contributed by atoms with E-state index in [2.05, 4.69) is 41.3 Å². The van der Waals surface area contributed by atoms with Crippen LogP contribution in [0.2, 0.25) is 0 Å². The Hall–Kier alpha value is -1.30. The summed E-state index contributed by atoms with van der Waals surface area (Å²) < 4.78 is 12.2. The maximum atomic E-state index is 12.2. The van der Waals surface area contributed by atoms with Gasteiger partial charge in [0.05, 0.1) is 0 Å². The van der Waals surface area contributed by atoms with Gasteiger partial charge in [-0.05, 0) is 55.2 Å². The normalized spacial score (nSPS) is 27.9. The predicted octanol–water partition coefficient (Wildman–Crippen LogP) is 2.47. The topological polar surface area (TPSA) is 59.2 Å². The Labute approximate surface area is 145 Å². The fourth-order valence-corrected chi connectivity index (χ4v) is 6.06. The van der Waals surface area contributed by atoms with Gasteiger partial charge in [0.25, 0.3) is 0 Å². The summed E-state index contributed by atoms with van der Waals surface area (Å²) in [4.78, 5) is 17.1. The van der Waals surface area contributed by atoms with Crippen LogP contribution in [0.25, 0.3) is 10.9 Å². The number of fused-ring (bicyclic) bond motifs is 2. The number of Topliss-reactive ketones (excluding diaryl/α,β-unsaturated/α-hetero) is 1. The first-order chi connectivity index (χ1) is 11.5. The van der Waals surface area contributed by atoms with Crippen LogP contribution in [0, 0.1) is 5.92 Å². The molecule has 4 nitrogen and oxygen atoms in total. The molecule has 4 atom stereocenters. The van der Waals surface area contributed by atoms with Gasteiger partial charge in [-0.3, -0.25) is 4.79 Å². The molecular weight excluding hydrogens is 320 g/mol. The maximum absolute atomic E-state index is 12.2. The van der Waals surface area contributed by atoms with Crippen LogP contribution in [0.3, 0.4) is 0 Å². The number of rotatable bonds is 4. The van der Waals surface area contributed by atoms with Crippen LogP contribution in [0.5, 0.6) is 0 Å². The second-order valence-corrected chi connectivity index (χ2v) is 8.96. The van der Waals surface area contributed by atoms with Gasteiger partial charge in [0.1, 0.15) is 5.75 Å². The van der Waals surface area contributed by atoms with Crippen molar-refractivity contribution >= 4 is 27.9 Å². The summed E-state index contributed by atoms with van der Waals surface area (Å²) >= 11 is -1.03. The first kappa shape index (κ1) is 16.2. The average molecular weight is 344 g/mol. The molecule has 0 radical (unpaired) electrons. The van der Waals surface area contributed by atoms with E-state index in [0.717, 1.165) is 19.4 Å². The molecule has 1 aliphatic carbocycles. The predicted molar refractivity (Wildman–Crippen MR) is 97.8 cm³/mol. The monoisotopic (exact) mass is 344 g/mol. The number of likely N-dealkylation sites (tertiary alicyclic amines) is 1. The zero-order valence-corrected chi connectivity index (χ0v) is 15.1. The van der Waals surface area contributed by atoms with Gasteiger partial charge in [-0.1, -0.05) is 12.1 Å². The van der Waals surface area contributed by atoms with Crippen molar-refractivity contribution in [1.82, 2.24) is 9.88 Å². The van der Waals surface area contributed by atoms with E-state index in [0.29, 0.717) is 23.6 Å². The summed E-state index contributed by atoms with van der Waals surface area (Å²) in [6, 6.07) is 7.07. The van der Waals surface area contributed by atoms with Gasteiger partial charge in [0.15, 0.2) is 11.5 Å². The highest BCUT2D eigenvalue weighted by Crippen LogP contribution is 2.44. The van der Waals surface area contributed by atoms with Gasteiger partial charge in [-0.15, -0.1) is 0 Å². The molecule has 1 saturated heterocycles. The highest BCUT2D eigenvalue weighted by molar-refractivity contribution is 7.92. The standard InChI is InChI=1S/C19H24N2O2S/c1-12(22)10-24(23)11-13-6-16-15-4-3-5-17-19(15)14(8-20-17)7-18(16)21(2)9-13/h3-5,8,13,16,18,20H,6-7,9-11H2,1-2H3/t13-,16-,18-,24+/m1/s1. The number of aromatic nitrogens is 1. The SMILES string of the molecule is CC(=O)C[S@+]([O-])C[C@@H]1C[C@@H]2c3cccc4[nH]cc(c34)C[C@H]2N(C)C1. The van der Waals surface area contributed by atoms with Crippen molar-refractivity contribution in [2.45, 2.75) is 31.7 Å². The Kier molecular flexibility index (Phi) is 4.19. The number of ketones is 1. The molecule has 1 aromatic carbocycles. The van der Waals surface area contributed by atoms with Crippen molar-refractivity contribution in [3.63, 3.8) is 0 Å². The third-order valence-electron chi connectivity index (χ3n) is 5.60. The van der Waals surface area contributed by atoms with E-state index in [1.807, 2.05) is 0 Å². The van der Waals surface area contributed by atoms with Crippen molar-refractivity contribution in [3.05, 3.63) is 35.5 Å². The molecule has 0 amide bonds. The molecule has 1 aromatic heterocycles. The Bertz CT molecular complexity index is 772. The van der Waals surface area contributed by atoms with E-state index in [4.69, 9.17) is 0 Å². The quantitative estimate of drug-likeness (QED) is 0.867. The van der Waals surface area contributed by atoms with Crippen LogP contribution >= 0.6 is 0 Å². The first-order valence-corrected chi connectivity index (χ1v) is 10.1. The molecule has 1 N–H and O–H groups in total. The van der Waals surface area contributed by atoms with Gasteiger partial charge in [-0.2, -0.15) is 0 Å². The first-order valence-electron chi connectivity index (χ1n) is 8.66. The minimum atomic E-state index is -1.03. The summed E-state index contributed by atoms with van der Waals surface area (Å²) in [6.45, 7) is 2.50. The number of carbonyl (C=O) groups is 1. The fraction of sp³-hybridized carbons (Fsp3) is 0.526. The zero-order valence-electron chi connectivity index (χ0n) is 14.2. The lowest BCUT2D eigenvalue weighted by atomic mass is 9.73. The third kappa shape index (κ3) is 2.79. The molecule has 2 aromatic rings. The van der Waals surface area contributed by atoms with E-state index in [1.54, 1.807) is 0 Å². The summed E-state index contributed by atoms with van der Waals surface area (Å²) in [5, 5.41) is 1.40. The Morgan fingerprint density at radius 3 is 3.08 bits per heavy atom. The molecule has 4 rings (SSSR count). The van der Waals surface area contributed by atoms with Gasteiger partial charge in [0.2, 0.25) is 0 Å². The highest BCUT2D eigenvalue weighted by atomic mass is 32.2. The number of nitrogens with zero attached hydrogens (tertiary/aromatic N) is 1. The molecule has 24 heavy (non-hydrogen) atoms. The largest absolute Gasteiger partial charge is 0.616 e. The van der Waals surface area contributed by atoms with Gasteiger partial charge in [-0.25, -0.2) is 0 Å². The van der Waals surface area contributed by atoms with Crippen LogP contribution < -0.4 is 0 Å². The summed E-state index contributed by atoms with van der Waals surface area (Å²) in [5.41, 5.74) is 4.09. The molecule has 128 valence electrons. The van der Waals surface area contributed by atoms with E-state index in [1.165, 1.54) is 29.0 Å².